The normalized spacial score (nSPS) is 11.4. The molecule has 0 amide bonds. The fraction of sp³-hybridized carbons (Fsp3) is 0.381. The lowest BCUT2D eigenvalue weighted by atomic mass is 10.0. The molecule has 0 aromatic heterocycles. The molecule has 0 saturated heterocycles. The van der Waals surface area contributed by atoms with E-state index in [9.17, 15) is 45.3 Å². The first-order valence-corrected chi connectivity index (χ1v) is 11.8. The summed E-state index contributed by atoms with van der Waals surface area (Å²) < 4.78 is 10.9. The summed E-state index contributed by atoms with van der Waals surface area (Å²) in [4.78, 5) is 59.2. The third-order valence-corrected chi connectivity index (χ3v) is 4.87. The molecule has 2 aromatic rings. The van der Waals surface area contributed by atoms with Gasteiger partial charge in [0.15, 0.2) is 0 Å². The van der Waals surface area contributed by atoms with Crippen molar-refractivity contribution in [2.45, 2.75) is 33.2 Å². The number of fused-ring (bicyclic) bond motifs is 3. The van der Waals surface area contributed by atoms with Gasteiger partial charge in [-0.3, -0.25) is 45.3 Å². The van der Waals surface area contributed by atoms with Crippen LogP contribution in [0.15, 0.2) is 24.3 Å². The molecule has 1 aliphatic rings. The lowest BCUT2D eigenvalue weighted by molar-refractivity contribution is -0.395. The van der Waals surface area contributed by atoms with Gasteiger partial charge in [0.2, 0.25) is 0 Å². The molecular weight excluding hydrogens is 529 g/mol. The minimum atomic E-state index is -1.29. The number of nitro groups is 4. The van der Waals surface area contributed by atoms with Gasteiger partial charge in [-0.1, -0.05) is 20.5 Å². The minimum Gasteiger partial charge on any atom is -0.466 e. The van der Waals surface area contributed by atoms with E-state index in [1.54, 1.807) is 6.92 Å². The molecule has 206 valence electrons. The molecule has 1 N–H and O–H groups in total. The Kier molecular flexibility index (Phi) is 11.5. The van der Waals surface area contributed by atoms with Gasteiger partial charge in [0, 0.05) is 13.5 Å². The van der Waals surface area contributed by atoms with Crippen molar-refractivity contribution in [3.8, 4) is 11.1 Å². The van der Waals surface area contributed by atoms with Gasteiger partial charge in [-0.15, -0.1) is 9.24 Å². The standard InChI is InChI=1S/C18H15N5O11.C2H6.CH5P/c1-2-33-15(24)3-4-34-19-18-11-5-9(20(25)26)7-13(22(29)30)16(11)17-12(18)6-10(21(27)28)8-14(17)23(31)32;2*1-2/h5-8,18-19H,2-4H2,1H3;1-2H3;2H2,1H3/i;;1T. The number of hydrogen-bond donors (Lipinski definition) is 1. The predicted octanol–water partition coefficient (Wildman–Crippen LogP) is 4.38. The van der Waals surface area contributed by atoms with Crippen LogP contribution in [0.25, 0.3) is 11.1 Å². The summed E-state index contributed by atoms with van der Waals surface area (Å²) in [5.41, 5.74) is -1.35. The fourth-order valence-electron chi connectivity index (χ4n) is 3.57. The van der Waals surface area contributed by atoms with Gasteiger partial charge in [-0.05, 0) is 18.1 Å². The van der Waals surface area contributed by atoms with E-state index in [1.807, 2.05) is 13.8 Å². The van der Waals surface area contributed by atoms with Crippen LogP contribution < -0.4 is 5.48 Å². The number of non-ortho nitro benzene ring substituents is 2. The first kappa shape index (κ1) is 30.1. The molecular formula is C21H26N5O11P. The van der Waals surface area contributed by atoms with Gasteiger partial charge in [0.1, 0.15) is 0 Å². The first-order chi connectivity index (χ1) is 18.5. The van der Waals surface area contributed by atoms with Crippen LogP contribution in [0.1, 0.15) is 45.7 Å². The molecule has 0 radical (unpaired) electrons. The Morgan fingerprint density at radius 1 is 0.921 bits per heavy atom. The zero-order valence-corrected chi connectivity index (χ0v) is 21.7. The van der Waals surface area contributed by atoms with E-state index in [4.69, 9.17) is 10.9 Å². The van der Waals surface area contributed by atoms with Gasteiger partial charge in [0.25, 0.3) is 22.7 Å². The van der Waals surface area contributed by atoms with Gasteiger partial charge >= 0.3 is 5.97 Å². The average molecular weight is 557 g/mol. The summed E-state index contributed by atoms with van der Waals surface area (Å²) in [7, 11) is 2.25. The molecule has 2 aromatic carbocycles. The molecule has 0 bridgehead atoms. The van der Waals surface area contributed by atoms with E-state index in [1.165, 1.54) is 0 Å². The minimum absolute atomic E-state index is 0.129. The Morgan fingerprint density at radius 3 is 1.68 bits per heavy atom. The second-order valence-electron chi connectivity index (χ2n) is 6.84. The van der Waals surface area contributed by atoms with Gasteiger partial charge < -0.3 is 9.57 Å². The molecule has 17 heteroatoms. The van der Waals surface area contributed by atoms with E-state index < -0.39 is 54.5 Å². The molecule has 0 fully saturated rings. The van der Waals surface area contributed by atoms with Crippen LogP contribution in [0.2, 0.25) is 0 Å². The van der Waals surface area contributed by atoms with Crippen molar-refractivity contribution in [1.29, 1.82) is 0 Å². The molecule has 0 heterocycles. The SMILES string of the molecule is CC.CCOC(=O)CCONC1c2cc([N+](=O)[O-])cc([N+](=O)[O-])c2-c2c1cc([N+](=O)[O-])cc2[N+](=O)[O-].[3H]CP. The number of nitrogens with zero attached hydrogens (tertiary/aromatic N) is 4. The van der Waals surface area contributed by atoms with E-state index in [-0.39, 0.29) is 41.9 Å². The summed E-state index contributed by atoms with van der Waals surface area (Å²) in [5.74, 6) is -0.589. The first-order valence-electron chi connectivity index (χ1n) is 11.6. The summed E-state index contributed by atoms with van der Waals surface area (Å²) >= 11 is 0. The lowest BCUT2D eigenvalue weighted by Crippen LogP contribution is -2.23. The number of esters is 1. The highest BCUT2D eigenvalue weighted by Gasteiger charge is 2.43. The van der Waals surface area contributed by atoms with Crippen molar-refractivity contribution in [1.82, 2.24) is 5.48 Å². The van der Waals surface area contributed by atoms with Crippen molar-refractivity contribution in [3.63, 3.8) is 0 Å². The monoisotopic (exact) mass is 557 g/mol. The van der Waals surface area contributed by atoms with E-state index in [2.05, 4.69) is 14.7 Å². The molecule has 1 unspecified atom stereocenters. The highest BCUT2D eigenvalue weighted by molar-refractivity contribution is 7.15. The maximum absolute atomic E-state index is 11.7. The molecule has 0 aliphatic heterocycles. The van der Waals surface area contributed by atoms with Crippen molar-refractivity contribution in [3.05, 3.63) is 75.8 Å². The number of carbonyl (C=O) groups excluding carboxylic acids is 1. The van der Waals surface area contributed by atoms with Gasteiger partial charge in [-0.25, -0.2) is 0 Å². The molecule has 1 atom stereocenters. The zero-order valence-electron chi connectivity index (χ0n) is 21.6. The van der Waals surface area contributed by atoms with Crippen LogP contribution in [-0.2, 0) is 14.4 Å². The summed E-state index contributed by atoms with van der Waals surface area (Å²) in [6.07, 6.45) is -0.197. The third-order valence-electron chi connectivity index (χ3n) is 4.87. The summed E-state index contributed by atoms with van der Waals surface area (Å²) in [6, 6.07) is 1.94. The van der Waals surface area contributed by atoms with E-state index >= 15 is 0 Å². The van der Waals surface area contributed by atoms with E-state index in [0.717, 1.165) is 12.1 Å². The highest BCUT2D eigenvalue weighted by Crippen LogP contribution is 2.53. The summed E-state index contributed by atoms with van der Waals surface area (Å²) in [6.45, 7) is 5.90. The van der Waals surface area contributed by atoms with Crippen LogP contribution in [-0.4, -0.2) is 45.5 Å². The Labute approximate surface area is 219 Å². The van der Waals surface area contributed by atoms with Crippen LogP contribution in [0.4, 0.5) is 22.7 Å². The molecule has 38 heavy (non-hydrogen) atoms. The topological polar surface area (TPSA) is 220 Å². The Balaban J connectivity index is 0.00000142. The van der Waals surface area contributed by atoms with Crippen LogP contribution in [0.3, 0.4) is 0 Å². The second kappa shape index (κ2) is 14.6. The van der Waals surface area contributed by atoms with E-state index in [0.29, 0.717) is 18.8 Å². The average Bonchev–Trinajstić information content (AvgIpc) is 3.20. The van der Waals surface area contributed by atoms with Crippen LogP contribution in [0, 0.1) is 40.5 Å². The number of hydroxylamine groups is 1. The Morgan fingerprint density at radius 2 is 1.34 bits per heavy atom. The third kappa shape index (κ3) is 7.00. The number of nitro benzene ring substituents is 4. The fourth-order valence-corrected chi connectivity index (χ4v) is 3.57. The maximum Gasteiger partial charge on any atom is 0.308 e. The number of carbonyl (C=O) groups is 1. The predicted molar refractivity (Wildman–Crippen MR) is 138 cm³/mol. The molecule has 0 spiro atoms. The smallest absolute Gasteiger partial charge is 0.308 e. The molecule has 3 rings (SSSR count). The van der Waals surface area contributed by atoms with Crippen molar-refractivity contribution in [2.75, 3.05) is 19.9 Å². The number of ether oxygens (including phenoxy) is 1. The molecule has 16 nitrogen and oxygen atoms in total. The largest absolute Gasteiger partial charge is 0.466 e. The quantitative estimate of drug-likeness (QED) is 0.141. The second-order valence-corrected chi connectivity index (χ2v) is 6.84. The van der Waals surface area contributed by atoms with Crippen molar-refractivity contribution in [2.24, 2.45) is 0 Å². The van der Waals surface area contributed by atoms with Gasteiger partial charge in [0.05, 0.1) is 68.6 Å². The number of benzene rings is 2. The summed E-state index contributed by atoms with van der Waals surface area (Å²) in [5, 5.41) is 46.1. The maximum atomic E-state index is 11.7. The van der Waals surface area contributed by atoms with Gasteiger partial charge in [-0.2, -0.15) is 5.48 Å². The number of nitrogens with one attached hydrogen (secondary N) is 1. The number of rotatable bonds is 10. The highest BCUT2D eigenvalue weighted by atomic mass is 31.0. The Hall–Kier alpha value is -4.14. The van der Waals surface area contributed by atoms with Crippen molar-refractivity contribution >= 4 is 38.0 Å². The molecule has 1 aliphatic carbocycles. The Bertz CT molecular complexity index is 1180. The zero-order chi connectivity index (χ0) is 29.9. The van der Waals surface area contributed by atoms with Crippen molar-refractivity contribution < 1.29 is 35.4 Å². The number of hydrogen-bond acceptors (Lipinski definition) is 12. The lowest BCUT2D eigenvalue weighted by Gasteiger charge is -2.15. The molecule has 0 saturated carbocycles. The van der Waals surface area contributed by atoms with Crippen LogP contribution in [0.5, 0.6) is 0 Å². The van der Waals surface area contributed by atoms with Crippen LogP contribution >= 0.6 is 9.24 Å².